The maximum absolute atomic E-state index is 12.2. The van der Waals surface area contributed by atoms with Gasteiger partial charge in [0.15, 0.2) is 5.78 Å². The maximum Gasteiger partial charge on any atom is 0.170 e. The van der Waals surface area contributed by atoms with Gasteiger partial charge < -0.3 is 0 Å². The number of benzene rings is 1. The summed E-state index contributed by atoms with van der Waals surface area (Å²) in [6.45, 7) is 4.42. The van der Waals surface area contributed by atoms with E-state index in [9.17, 15) is 9.59 Å². The van der Waals surface area contributed by atoms with Crippen molar-refractivity contribution in [3.05, 3.63) is 35.4 Å². The van der Waals surface area contributed by atoms with Gasteiger partial charge in [-0.1, -0.05) is 95.9 Å². The fourth-order valence-corrected chi connectivity index (χ4v) is 3.24. The van der Waals surface area contributed by atoms with Crippen molar-refractivity contribution in [1.82, 2.24) is 0 Å². The van der Waals surface area contributed by atoms with Crippen LogP contribution >= 0.6 is 0 Å². The fourth-order valence-electron chi connectivity index (χ4n) is 3.24. The predicted octanol–water partition coefficient (Wildman–Crippen LogP) is 7.09. The van der Waals surface area contributed by atoms with Gasteiger partial charge in [-0.2, -0.15) is 0 Å². The minimum absolute atomic E-state index is 0.0343. The Bertz CT molecular complexity index is 501. The topological polar surface area (TPSA) is 34.1 Å². The second-order valence-electron chi connectivity index (χ2n) is 7.52. The van der Waals surface area contributed by atoms with Gasteiger partial charge in [-0.3, -0.25) is 9.59 Å². The molecule has 0 aliphatic carbocycles. The van der Waals surface area contributed by atoms with Crippen molar-refractivity contribution < 1.29 is 9.59 Å². The van der Waals surface area contributed by atoms with Crippen molar-refractivity contribution in [2.24, 2.45) is 0 Å². The van der Waals surface area contributed by atoms with E-state index < -0.39 is 0 Å². The molecule has 0 saturated carbocycles. The molecule has 1 aromatic rings. The molecule has 0 heterocycles. The number of aryl methyl sites for hydroxylation is 1. The maximum atomic E-state index is 12.2. The molecule has 0 fully saturated rings. The fraction of sp³-hybridized carbons (Fsp3) is 0.667. The molecule has 0 aliphatic heterocycles. The lowest BCUT2D eigenvalue weighted by Gasteiger charge is -2.04. The van der Waals surface area contributed by atoms with Crippen molar-refractivity contribution in [1.29, 1.82) is 0 Å². The second kappa shape index (κ2) is 14.7. The number of rotatable bonds is 16. The van der Waals surface area contributed by atoms with Crippen LogP contribution in [0.1, 0.15) is 113 Å². The van der Waals surface area contributed by atoms with Crippen molar-refractivity contribution in [3.63, 3.8) is 0 Å². The highest BCUT2D eigenvalue weighted by Crippen LogP contribution is 2.13. The average Bonchev–Trinajstić information content (AvgIpc) is 2.65. The highest BCUT2D eigenvalue weighted by atomic mass is 16.1. The molecule has 0 unspecified atom stereocenters. The van der Waals surface area contributed by atoms with E-state index in [1.54, 1.807) is 0 Å². The van der Waals surface area contributed by atoms with Gasteiger partial charge >= 0.3 is 0 Å². The first kappa shape index (κ1) is 22.6. The number of hydrogen-bond donors (Lipinski definition) is 0. The van der Waals surface area contributed by atoms with Crippen LogP contribution in [-0.2, 0) is 11.2 Å². The lowest BCUT2D eigenvalue weighted by molar-refractivity contribution is -0.118. The summed E-state index contributed by atoms with van der Waals surface area (Å²) in [5, 5.41) is 0. The first-order chi connectivity index (χ1) is 12.7. The Morgan fingerprint density at radius 1 is 0.692 bits per heavy atom. The number of Topliss-reactive ketones (excluding diaryl/α,β-unsaturated/α-hetero) is 2. The molecule has 1 rings (SSSR count). The molecule has 0 N–H and O–H groups in total. The van der Waals surface area contributed by atoms with E-state index >= 15 is 0 Å². The van der Waals surface area contributed by atoms with E-state index in [0.717, 1.165) is 19.3 Å². The molecule has 0 amide bonds. The second-order valence-corrected chi connectivity index (χ2v) is 7.52. The van der Waals surface area contributed by atoms with Crippen LogP contribution in [0, 0.1) is 0 Å². The van der Waals surface area contributed by atoms with Crippen molar-refractivity contribution >= 4 is 11.6 Å². The summed E-state index contributed by atoms with van der Waals surface area (Å²) in [4.78, 5) is 24.2. The molecule has 146 valence electrons. The van der Waals surface area contributed by atoms with Gasteiger partial charge in [0.25, 0.3) is 0 Å². The third-order valence-electron chi connectivity index (χ3n) is 5.01. The van der Waals surface area contributed by atoms with Crippen LogP contribution in [-0.4, -0.2) is 11.6 Å². The first-order valence-corrected chi connectivity index (χ1v) is 10.8. The van der Waals surface area contributed by atoms with Gasteiger partial charge in [-0.05, 0) is 24.8 Å². The van der Waals surface area contributed by atoms with Gasteiger partial charge in [0.1, 0.15) is 5.78 Å². The molecule has 0 radical (unpaired) electrons. The van der Waals surface area contributed by atoms with Gasteiger partial charge in [0, 0.05) is 12.0 Å². The van der Waals surface area contributed by atoms with Gasteiger partial charge in [-0.15, -0.1) is 0 Å². The molecule has 1 aromatic carbocycles. The van der Waals surface area contributed by atoms with E-state index in [-0.39, 0.29) is 18.0 Å². The lowest BCUT2D eigenvalue weighted by atomic mass is 10.00. The highest BCUT2D eigenvalue weighted by Gasteiger charge is 2.11. The molecule has 2 heteroatoms. The molecule has 0 bridgehead atoms. The number of carbonyl (C=O) groups excluding carboxylic acids is 2. The molecule has 0 aliphatic rings. The summed E-state index contributed by atoms with van der Waals surface area (Å²) in [6.07, 6.45) is 15.2. The van der Waals surface area contributed by atoms with Crippen LogP contribution < -0.4 is 0 Å². The van der Waals surface area contributed by atoms with Crippen molar-refractivity contribution in [2.45, 2.75) is 104 Å². The minimum atomic E-state index is -0.0343. The summed E-state index contributed by atoms with van der Waals surface area (Å²) in [5.74, 6) is 0.0565. The van der Waals surface area contributed by atoms with Crippen LogP contribution in [0.15, 0.2) is 24.3 Å². The first-order valence-electron chi connectivity index (χ1n) is 10.8. The molecule has 0 aromatic heterocycles. The number of carbonyl (C=O) groups is 2. The minimum Gasteiger partial charge on any atom is -0.299 e. The van der Waals surface area contributed by atoms with E-state index in [0.29, 0.717) is 12.0 Å². The van der Waals surface area contributed by atoms with Gasteiger partial charge in [-0.25, -0.2) is 0 Å². The highest BCUT2D eigenvalue weighted by molar-refractivity contribution is 6.07. The zero-order valence-electron chi connectivity index (χ0n) is 17.0. The van der Waals surface area contributed by atoms with E-state index in [2.05, 4.69) is 13.8 Å². The largest absolute Gasteiger partial charge is 0.299 e. The van der Waals surface area contributed by atoms with Crippen LogP contribution in [0.2, 0.25) is 0 Å². The Labute approximate surface area is 160 Å². The monoisotopic (exact) mass is 358 g/mol. The van der Waals surface area contributed by atoms with Crippen molar-refractivity contribution in [2.75, 3.05) is 0 Å². The van der Waals surface area contributed by atoms with Crippen LogP contribution in [0.4, 0.5) is 0 Å². The number of ketones is 2. The third kappa shape index (κ3) is 10.5. The average molecular weight is 359 g/mol. The summed E-state index contributed by atoms with van der Waals surface area (Å²) < 4.78 is 0. The van der Waals surface area contributed by atoms with Crippen molar-refractivity contribution in [3.8, 4) is 0 Å². The quantitative estimate of drug-likeness (QED) is 0.179. The van der Waals surface area contributed by atoms with Gasteiger partial charge in [0.2, 0.25) is 0 Å². The van der Waals surface area contributed by atoms with Gasteiger partial charge in [0.05, 0.1) is 6.42 Å². The molecule has 26 heavy (non-hydrogen) atoms. The lowest BCUT2D eigenvalue weighted by Crippen LogP contribution is -2.08. The molecule has 0 spiro atoms. The third-order valence-corrected chi connectivity index (χ3v) is 5.01. The Kier molecular flexibility index (Phi) is 12.8. The van der Waals surface area contributed by atoms with E-state index in [1.165, 1.54) is 63.4 Å². The Hall–Kier alpha value is -1.44. The molecular weight excluding hydrogens is 320 g/mol. The zero-order valence-corrected chi connectivity index (χ0v) is 17.0. The SMILES string of the molecule is CCCCCCCCCCCC(=O)CC(=O)c1ccc(CCCC)cc1. The number of unbranched alkanes of at least 4 members (excludes halogenated alkanes) is 9. The number of hydrogen-bond acceptors (Lipinski definition) is 2. The predicted molar refractivity (Wildman–Crippen MR) is 111 cm³/mol. The molecule has 0 atom stereocenters. The van der Waals surface area contributed by atoms with Crippen LogP contribution in [0.5, 0.6) is 0 Å². The van der Waals surface area contributed by atoms with E-state index in [1.807, 2.05) is 24.3 Å². The van der Waals surface area contributed by atoms with E-state index in [4.69, 9.17) is 0 Å². The summed E-state index contributed by atoms with van der Waals surface area (Å²) in [6, 6.07) is 7.79. The smallest absolute Gasteiger partial charge is 0.170 e. The zero-order chi connectivity index (χ0) is 19.0. The standard InChI is InChI=1S/C24H38O2/c1-3-5-7-8-9-10-11-12-13-15-23(25)20-24(26)22-18-16-21(17-19-22)14-6-4-2/h16-19H,3-15,20H2,1-2H3. The summed E-state index contributed by atoms with van der Waals surface area (Å²) >= 11 is 0. The molecular formula is C24H38O2. The molecule has 2 nitrogen and oxygen atoms in total. The summed E-state index contributed by atoms with van der Waals surface area (Å²) in [7, 11) is 0. The van der Waals surface area contributed by atoms with Crippen LogP contribution in [0.3, 0.4) is 0 Å². The Balaban J connectivity index is 2.13. The van der Waals surface area contributed by atoms with Crippen LogP contribution in [0.25, 0.3) is 0 Å². The Morgan fingerprint density at radius 2 is 1.23 bits per heavy atom. The molecule has 0 saturated heterocycles. The summed E-state index contributed by atoms with van der Waals surface area (Å²) in [5.41, 5.74) is 1.94. The Morgan fingerprint density at radius 3 is 1.81 bits per heavy atom. The normalized spacial score (nSPS) is 10.8.